The van der Waals surface area contributed by atoms with E-state index in [4.69, 9.17) is 5.26 Å². The zero-order chi connectivity index (χ0) is 12.1. The molecule has 1 aromatic carbocycles. The molecule has 0 saturated heterocycles. The van der Waals surface area contributed by atoms with E-state index in [1.807, 2.05) is 30.3 Å². The lowest BCUT2D eigenvalue weighted by Gasteiger charge is -1.99. The summed E-state index contributed by atoms with van der Waals surface area (Å²) < 4.78 is 1.65. The number of carbonyl (C=O) groups is 1. The van der Waals surface area contributed by atoms with E-state index in [0.29, 0.717) is 5.69 Å². The first-order chi connectivity index (χ1) is 8.29. The van der Waals surface area contributed by atoms with Gasteiger partial charge in [-0.1, -0.05) is 18.2 Å². The van der Waals surface area contributed by atoms with Crippen molar-refractivity contribution in [1.29, 1.82) is 5.26 Å². The Labute approximate surface area is 98.3 Å². The highest BCUT2D eigenvalue weighted by Crippen LogP contribution is 2.11. The first kappa shape index (κ1) is 10.9. The lowest BCUT2D eigenvalue weighted by Crippen LogP contribution is -2.09. The van der Waals surface area contributed by atoms with E-state index in [1.54, 1.807) is 23.1 Å². The van der Waals surface area contributed by atoms with Crippen LogP contribution >= 0.6 is 0 Å². The molecule has 0 aliphatic heterocycles. The molecular weight excluding hydrogens is 216 g/mol. The van der Waals surface area contributed by atoms with Gasteiger partial charge in [0.25, 0.3) is 0 Å². The first-order valence-corrected chi connectivity index (χ1v) is 5.06. The largest absolute Gasteiger partial charge is 0.323 e. The molecule has 0 saturated carbocycles. The summed E-state index contributed by atoms with van der Waals surface area (Å²) in [5, 5.41) is 15.1. The third-order valence-corrected chi connectivity index (χ3v) is 2.13. The van der Waals surface area contributed by atoms with Gasteiger partial charge in [0, 0.05) is 0 Å². The molecule has 1 amide bonds. The molecule has 1 aromatic heterocycles. The molecule has 17 heavy (non-hydrogen) atoms. The fourth-order valence-corrected chi connectivity index (χ4v) is 1.39. The third kappa shape index (κ3) is 2.69. The second-order valence-corrected chi connectivity index (χ2v) is 3.39. The Balaban J connectivity index is 2.12. The van der Waals surface area contributed by atoms with Crippen LogP contribution < -0.4 is 5.32 Å². The average Bonchev–Trinajstić information content (AvgIpc) is 2.79. The molecule has 0 radical (unpaired) electrons. The van der Waals surface area contributed by atoms with Crippen molar-refractivity contribution in [2.45, 2.75) is 6.42 Å². The summed E-state index contributed by atoms with van der Waals surface area (Å²) in [5.41, 5.74) is 1.49. The van der Waals surface area contributed by atoms with Gasteiger partial charge in [0.2, 0.25) is 5.91 Å². The standard InChI is InChI=1S/C12H10N4O/c13-7-6-12(17)15-10-8-14-16(9-10)11-4-2-1-3-5-11/h1-5,8-9H,6H2,(H,15,17). The van der Waals surface area contributed by atoms with Crippen molar-refractivity contribution in [2.24, 2.45) is 0 Å². The minimum absolute atomic E-state index is 0.156. The van der Waals surface area contributed by atoms with Crippen LogP contribution in [0.1, 0.15) is 6.42 Å². The Morgan fingerprint density at radius 1 is 1.41 bits per heavy atom. The minimum Gasteiger partial charge on any atom is -0.323 e. The molecule has 1 N–H and O–H groups in total. The molecule has 1 heterocycles. The van der Waals surface area contributed by atoms with Crippen LogP contribution in [0.2, 0.25) is 0 Å². The van der Waals surface area contributed by atoms with E-state index in [1.165, 1.54) is 0 Å². The molecule has 2 rings (SSSR count). The fraction of sp³-hybridized carbons (Fsp3) is 0.0833. The van der Waals surface area contributed by atoms with Crippen LogP contribution in [0.15, 0.2) is 42.7 Å². The Morgan fingerprint density at radius 3 is 2.88 bits per heavy atom. The Bertz CT molecular complexity index is 553. The summed E-state index contributed by atoms with van der Waals surface area (Å²) in [7, 11) is 0. The zero-order valence-electron chi connectivity index (χ0n) is 9.00. The number of nitrogens with one attached hydrogen (secondary N) is 1. The number of aromatic nitrogens is 2. The van der Waals surface area contributed by atoms with Gasteiger partial charge in [0.15, 0.2) is 0 Å². The SMILES string of the molecule is N#CCC(=O)Nc1cnn(-c2ccccc2)c1. The van der Waals surface area contributed by atoms with Crippen molar-refractivity contribution in [2.75, 3.05) is 5.32 Å². The van der Waals surface area contributed by atoms with Crippen LogP contribution in [0.3, 0.4) is 0 Å². The Hall–Kier alpha value is -2.61. The third-order valence-electron chi connectivity index (χ3n) is 2.13. The van der Waals surface area contributed by atoms with Crippen molar-refractivity contribution in [3.8, 4) is 11.8 Å². The number of hydrogen-bond acceptors (Lipinski definition) is 3. The van der Waals surface area contributed by atoms with Crippen LogP contribution in [-0.2, 0) is 4.79 Å². The Morgan fingerprint density at radius 2 is 2.18 bits per heavy atom. The van der Waals surface area contributed by atoms with Crippen LogP contribution in [0.5, 0.6) is 0 Å². The van der Waals surface area contributed by atoms with E-state index in [9.17, 15) is 4.79 Å². The van der Waals surface area contributed by atoms with Gasteiger partial charge >= 0.3 is 0 Å². The molecule has 0 aliphatic rings. The molecule has 5 nitrogen and oxygen atoms in total. The molecule has 0 bridgehead atoms. The number of benzene rings is 1. The molecule has 2 aromatic rings. The number of carbonyl (C=O) groups excluding carboxylic acids is 1. The number of nitrogens with zero attached hydrogens (tertiary/aromatic N) is 3. The van der Waals surface area contributed by atoms with Crippen molar-refractivity contribution in [3.05, 3.63) is 42.7 Å². The van der Waals surface area contributed by atoms with Crippen molar-refractivity contribution in [3.63, 3.8) is 0 Å². The first-order valence-electron chi connectivity index (χ1n) is 5.06. The number of nitriles is 1. The number of rotatable bonds is 3. The van der Waals surface area contributed by atoms with E-state index in [-0.39, 0.29) is 12.3 Å². The molecule has 0 atom stereocenters. The van der Waals surface area contributed by atoms with Crippen LogP contribution in [0, 0.1) is 11.3 Å². The molecule has 0 spiro atoms. The summed E-state index contributed by atoms with van der Waals surface area (Å²) >= 11 is 0. The lowest BCUT2D eigenvalue weighted by molar-refractivity contribution is -0.115. The summed E-state index contributed by atoms with van der Waals surface area (Å²) in [5.74, 6) is -0.333. The maximum atomic E-state index is 11.2. The van der Waals surface area contributed by atoms with Gasteiger partial charge in [-0.05, 0) is 12.1 Å². The van der Waals surface area contributed by atoms with Gasteiger partial charge in [0.05, 0.1) is 29.8 Å². The molecule has 84 valence electrons. The van der Waals surface area contributed by atoms with Gasteiger partial charge < -0.3 is 5.32 Å². The smallest absolute Gasteiger partial charge is 0.238 e. The summed E-state index contributed by atoms with van der Waals surface area (Å²) in [6.07, 6.45) is 3.09. The maximum Gasteiger partial charge on any atom is 0.238 e. The highest BCUT2D eigenvalue weighted by atomic mass is 16.1. The van der Waals surface area contributed by atoms with Crippen molar-refractivity contribution in [1.82, 2.24) is 9.78 Å². The predicted molar refractivity (Wildman–Crippen MR) is 62.4 cm³/mol. The number of amides is 1. The molecule has 0 fully saturated rings. The minimum atomic E-state index is -0.333. The van der Waals surface area contributed by atoms with Crippen molar-refractivity contribution < 1.29 is 4.79 Å². The fourth-order valence-electron chi connectivity index (χ4n) is 1.39. The number of para-hydroxylation sites is 1. The topological polar surface area (TPSA) is 70.7 Å². The van der Waals surface area contributed by atoms with Gasteiger partial charge in [0.1, 0.15) is 6.42 Å². The van der Waals surface area contributed by atoms with E-state index < -0.39 is 0 Å². The predicted octanol–water partition coefficient (Wildman–Crippen LogP) is 1.72. The van der Waals surface area contributed by atoms with E-state index >= 15 is 0 Å². The van der Waals surface area contributed by atoms with Crippen molar-refractivity contribution >= 4 is 11.6 Å². The molecule has 5 heteroatoms. The second kappa shape index (κ2) is 4.94. The molecule has 0 aliphatic carbocycles. The highest BCUT2D eigenvalue weighted by Gasteiger charge is 2.04. The Kier molecular flexibility index (Phi) is 3.17. The molecule has 0 unspecified atom stereocenters. The quantitative estimate of drug-likeness (QED) is 0.866. The van der Waals surface area contributed by atoms with E-state index in [2.05, 4.69) is 10.4 Å². The van der Waals surface area contributed by atoms with Crippen LogP contribution in [0.25, 0.3) is 5.69 Å². The maximum absolute atomic E-state index is 11.2. The zero-order valence-corrected chi connectivity index (χ0v) is 9.00. The number of anilines is 1. The van der Waals surface area contributed by atoms with E-state index in [0.717, 1.165) is 5.69 Å². The summed E-state index contributed by atoms with van der Waals surface area (Å²) in [4.78, 5) is 11.2. The summed E-state index contributed by atoms with van der Waals surface area (Å²) in [6, 6.07) is 11.3. The monoisotopic (exact) mass is 226 g/mol. The average molecular weight is 226 g/mol. The van der Waals surface area contributed by atoms with Crippen LogP contribution in [0.4, 0.5) is 5.69 Å². The number of hydrogen-bond donors (Lipinski definition) is 1. The van der Waals surface area contributed by atoms with Gasteiger partial charge in [-0.3, -0.25) is 4.79 Å². The van der Waals surface area contributed by atoms with Crippen LogP contribution in [-0.4, -0.2) is 15.7 Å². The highest BCUT2D eigenvalue weighted by molar-refractivity contribution is 5.91. The second-order valence-electron chi connectivity index (χ2n) is 3.39. The summed E-state index contributed by atoms with van der Waals surface area (Å²) in [6.45, 7) is 0. The van der Waals surface area contributed by atoms with Gasteiger partial charge in [-0.2, -0.15) is 10.4 Å². The molecular formula is C12H10N4O. The van der Waals surface area contributed by atoms with Gasteiger partial charge in [-0.25, -0.2) is 4.68 Å². The lowest BCUT2D eigenvalue weighted by atomic mass is 10.3. The normalized spacial score (nSPS) is 9.59. The van der Waals surface area contributed by atoms with Gasteiger partial charge in [-0.15, -0.1) is 0 Å².